The predicted molar refractivity (Wildman–Crippen MR) is 89.8 cm³/mol. The molecule has 0 bridgehead atoms. The molecule has 0 saturated heterocycles. The van der Waals surface area contributed by atoms with Gasteiger partial charge in [0.2, 0.25) is 15.9 Å². The zero-order chi connectivity index (χ0) is 16.0. The van der Waals surface area contributed by atoms with E-state index in [1.807, 2.05) is 19.1 Å². The Morgan fingerprint density at radius 2 is 1.68 bits per heavy atom. The van der Waals surface area contributed by atoms with Crippen molar-refractivity contribution < 1.29 is 13.2 Å². The Bertz CT molecular complexity index is 595. The zero-order valence-corrected chi connectivity index (χ0v) is 14.7. The Labute approximate surface area is 138 Å². The highest BCUT2D eigenvalue weighted by atomic mass is 35.5. The van der Waals surface area contributed by atoms with Crippen LogP contribution < -0.4 is 15.8 Å². The number of amides is 1. The maximum atomic E-state index is 12.3. The minimum atomic E-state index is -3.61. The summed E-state index contributed by atoms with van der Waals surface area (Å²) in [6.45, 7) is 6.27. The van der Waals surface area contributed by atoms with E-state index >= 15 is 0 Å². The van der Waals surface area contributed by atoms with Crippen molar-refractivity contribution in [2.24, 2.45) is 5.73 Å². The fourth-order valence-electron chi connectivity index (χ4n) is 2.26. The van der Waals surface area contributed by atoms with Gasteiger partial charge in [-0.2, -0.15) is 0 Å². The van der Waals surface area contributed by atoms with Crippen molar-refractivity contribution in [1.82, 2.24) is 10.0 Å². The molecule has 4 N–H and O–H groups in total. The van der Waals surface area contributed by atoms with E-state index in [1.165, 1.54) is 0 Å². The van der Waals surface area contributed by atoms with Crippen LogP contribution in [0.15, 0.2) is 17.0 Å². The Balaban J connectivity index is 0.00000441. The summed E-state index contributed by atoms with van der Waals surface area (Å²) < 4.78 is 27.1. The molecule has 0 radical (unpaired) electrons. The fraction of sp³-hybridized carbons (Fsp3) is 0.500. The van der Waals surface area contributed by atoms with Gasteiger partial charge in [0.05, 0.1) is 4.90 Å². The van der Waals surface area contributed by atoms with Crippen LogP contribution in [-0.2, 0) is 14.8 Å². The SMILES string of the molecule is Cc1cc(C)c(S(=O)(=O)NCCC(=O)NCCN)c(C)c1.Cl. The van der Waals surface area contributed by atoms with Crippen LogP contribution in [-0.4, -0.2) is 34.0 Å². The number of aryl methyl sites for hydroxylation is 3. The number of carbonyl (C=O) groups is 1. The van der Waals surface area contributed by atoms with Gasteiger partial charge in [-0.25, -0.2) is 13.1 Å². The number of halogens is 1. The van der Waals surface area contributed by atoms with Gasteiger partial charge in [-0.3, -0.25) is 4.79 Å². The molecule has 0 spiro atoms. The van der Waals surface area contributed by atoms with Gasteiger partial charge in [-0.05, 0) is 31.9 Å². The lowest BCUT2D eigenvalue weighted by atomic mass is 10.1. The summed E-state index contributed by atoms with van der Waals surface area (Å²) in [5, 5.41) is 2.59. The molecule has 6 nitrogen and oxygen atoms in total. The molecule has 8 heteroatoms. The number of carbonyl (C=O) groups excluding carboxylic acids is 1. The number of nitrogens with one attached hydrogen (secondary N) is 2. The molecule has 1 aromatic carbocycles. The largest absolute Gasteiger partial charge is 0.355 e. The van der Waals surface area contributed by atoms with Crippen LogP contribution in [0.25, 0.3) is 0 Å². The van der Waals surface area contributed by atoms with Crippen LogP contribution in [0.5, 0.6) is 0 Å². The van der Waals surface area contributed by atoms with Crippen LogP contribution in [0.1, 0.15) is 23.1 Å². The van der Waals surface area contributed by atoms with Crippen molar-refractivity contribution >= 4 is 28.3 Å². The minimum Gasteiger partial charge on any atom is -0.355 e. The number of sulfonamides is 1. The fourth-order valence-corrected chi connectivity index (χ4v) is 3.74. The van der Waals surface area contributed by atoms with Crippen molar-refractivity contribution in [3.63, 3.8) is 0 Å². The monoisotopic (exact) mass is 349 g/mol. The van der Waals surface area contributed by atoms with E-state index in [0.29, 0.717) is 24.2 Å². The van der Waals surface area contributed by atoms with E-state index in [9.17, 15) is 13.2 Å². The molecule has 1 amide bonds. The Morgan fingerprint density at radius 3 is 2.18 bits per heavy atom. The van der Waals surface area contributed by atoms with Gasteiger partial charge in [0.15, 0.2) is 0 Å². The highest BCUT2D eigenvalue weighted by molar-refractivity contribution is 7.89. The highest BCUT2D eigenvalue weighted by Crippen LogP contribution is 2.21. The summed E-state index contributed by atoms with van der Waals surface area (Å²) in [5.74, 6) is -0.222. The summed E-state index contributed by atoms with van der Waals surface area (Å²) in [6, 6.07) is 3.66. The summed E-state index contributed by atoms with van der Waals surface area (Å²) in [4.78, 5) is 11.7. The van der Waals surface area contributed by atoms with Gasteiger partial charge < -0.3 is 11.1 Å². The molecule has 0 aliphatic carbocycles. The molecule has 0 aliphatic rings. The molecule has 0 aromatic heterocycles. The molecular weight excluding hydrogens is 326 g/mol. The van der Waals surface area contributed by atoms with Crippen LogP contribution >= 0.6 is 12.4 Å². The molecule has 0 saturated carbocycles. The lowest BCUT2D eigenvalue weighted by Gasteiger charge is -2.13. The van der Waals surface area contributed by atoms with Crippen molar-refractivity contribution in [3.8, 4) is 0 Å². The molecule has 126 valence electrons. The van der Waals surface area contributed by atoms with E-state index in [1.54, 1.807) is 13.8 Å². The maximum absolute atomic E-state index is 12.3. The first kappa shape index (κ1) is 20.9. The molecular formula is C14H24ClN3O3S. The van der Waals surface area contributed by atoms with Crippen LogP contribution in [0.3, 0.4) is 0 Å². The second-order valence-corrected chi connectivity index (χ2v) is 6.72. The minimum absolute atomic E-state index is 0. The van der Waals surface area contributed by atoms with Crippen molar-refractivity contribution in [3.05, 3.63) is 28.8 Å². The standard InChI is InChI=1S/C14H23N3O3S.ClH/c1-10-8-11(2)14(12(3)9-10)21(19,20)17-6-4-13(18)16-7-5-15;/h8-9,17H,4-7,15H2,1-3H3,(H,16,18);1H. The Morgan fingerprint density at radius 1 is 1.14 bits per heavy atom. The second-order valence-electron chi connectivity index (χ2n) is 5.01. The van der Waals surface area contributed by atoms with E-state index < -0.39 is 10.0 Å². The van der Waals surface area contributed by atoms with E-state index in [0.717, 1.165) is 5.56 Å². The zero-order valence-electron chi connectivity index (χ0n) is 13.1. The van der Waals surface area contributed by atoms with Gasteiger partial charge in [0, 0.05) is 26.1 Å². The second kappa shape index (κ2) is 9.09. The quantitative estimate of drug-likeness (QED) is 0.677. The van der Waals surface area contributed by atoms with E-state index in [2.05, 4.69) is 10.0 Å². The van der Waals surface area contributed by atoms with E-state index in [4.69, 9.17) is 5.73 Å². The third-order valence-electron chi connectivity index (χ3n) is 2.98. The molecule has 0 aliphatic heterocycles. The molecule has 0 fully saturated rings. The normalized spacial score (nSPS) is 10.9. The van der Waals surface area contributed by atoms with Crippen LogP contribution in [0.2, 0.25) is 0 Å². The van der Waals surface area contributed by atoms with Gasteiger partial charge in [0.25, 0.3) is 0 Å². The Hall–Kier alpha value is -1.15. The summed E-state index contributed by atoms with van der Waals surface area (Å²) in [6.07, 6.45) is 0.0865. The molecule has 0 heterocycles. The third-order valence-corrected chi connectivity index (χ3v) is 4.75. The van der Waals surface area contributed by atoms with Crippen LogP contribution in [0, 0.1) is 20.8 Å². The first-order valence-corrected chi connectivity index (χ1v) is 8.30. The Kier molecular flexibility index (Phi) is 8.62. The number of hydrogen-bond acceptors (Lipinski definition) is 4. The number of benzene rings is 1. The van der Waals surface area contributed by atoms with E-state index in [-0.39, 0.29) is 36.2 Å². The van der Waals surface area contributed by atoms with Gasteiger partial charge in [0.1, 0.15) is 0 Å². The average molecular weight is 350 g/mol. The van der Waals surface area contributed by atoms with Crippen molar-refractivity contribution in [2.45, 2.75) is 32.1 Å². The molecule has 0 unspecified atom stereocenters. The topological polar surface area (TPSA) is 101 Å². The van der Waals surface area contributed by atoms with Gasteiger partial charge >= 0.3 is 0 Å². The lowest BCUT2D eigenvalue weighted by molar-refractivity contribution is -0.120. The molecule has 1 aromatic rings. The lowest BCUT2D eigenvalue weighted by Crippen LogP contribution is -2.33. The van der Waals surface area contributed by atoms with Crippen molar-refractivity contribution in [1.29, 1.82) is 0 Å². The smallest absolute Gasteiger partial charge is 0.241 e. The summed E-state index contributed by atoms with van der Waals surface area (Å²) in [5.41, 5.74) is 7.69. The molecule has 1 rings (SSSR count). The van der Waals surface area contributed by atoms with Gasteiger partial charge in [-0.15, -0.1) is 12.4 Å². The third kappa shape index (κ3) is 5.92. The highest BCUT2D eigenvalue weighted by Gasteiger charge is 2.19. The average Bonchev–Trinajstić information content (AvgIpc) is 2.34. The van der Waals surface area contributed by atoms with Gasteiger partial charge in [-0.1, -0.05) is 17.7 Å². The predicted octanol–water partition coefficient (Wildman–Crippen LogP) is 0.777. The first-order valence-electron chi connectivity index (χ1n) is 6.82. The molecule has 22 heavy (non-hydrogen) atoms. The summed E-state index contributed by atoms with van der Waals surface area (Å²) >= 11 is 0. The van der Waals surface area contributed by atoms with Crippen LogP contribution in [0.4, 0.5) is 0 Å². The maximum Gasteiger partial charge on any atom is 0.241 e. The summed E-state index contributed by atoms with van der Waals surface area (Å²) in [7, 11) is -3.61. The first-order chi connectivity index (χ1) is 9.77. The number of nitrogens with two attached hydrogens (primary N) is 1. The number of rotatable bonds is 7. The van der Waals surface area contributed by atoms with Crippen molar-refractivity contribution in [2.75, 3.05) is 19.6 Å². The number of hydrogen-bond donors (Lipinski definition) is 3. The molecule has 0 atom stereocenters.